The summed E-state index contributed by atoms with van der Waals surface area (Å²) in [6.07, 6.45) is 1.48. The van der Waals surface area contributed by atoms with Gasteiger partial charge in [-0.15, -0.1) is 0 Å². The molecule has 0 amide bonds. The van der Waals surface area contributed by atoms with Crippen LogP contribution in [0.15, 0.2) is 22.0 Å². The number of rotatable bonds is 5. The van der Waals surface area contributed by atoms with Crippen LogP contribution >= 0.6 is 11.6 Å². The maximum atomic E-state index is 11.1. The van der Waals surface area contributed by atoms with Gasteiger partial charge in [-0.1, -0.05) is 11.6 Å². The Hall–Kier alpha value is -2.61. The highest BCUT2D eigenvalue weighted by Gasteiger charge is 2.11. The van der Waals surface area contributed by atoms with E-state index in [4.69, 9.17) is 21.1 Å². The number of hydrogen-bond donors (Lipinski definition) is 2. The molecule has 0 aliphatic carbocycles. The van der Waals surface area contributed by atoms with Gasteiger partial charge >= 0.3 is 5.69 Å². The summed E-state index contributed by atoms with van der Waals surface area (Å²) >= 11 is 6.22. The minimum Gasteiger partial charge on any atom is -0.493 e. The van der Waals surface area contributed by atoms with E-state index in [2.05, 4.69) is 25.7 Å². The number of anilines is 1. The topological polar surface area (TPSA) is 101 Å². The number of nitrogens with one attached hydrogen (secondary N) is 2. The molecule has 0 aliphatic heterocycles. The molecule has 0 radical (unpaired) electrons. The van der Waals surface area contributed by atoms with E-state index in [0.29, 0.717) is 27.8 Å². The van der Waals surface area contributed by atoms with Crippen LogP contribution in [0.3, 0.4) is 0 Å². The summed E-state index contributed by atoms with van der Waals surface area (Å²) in [6, 6.07) is 3.44. The molecule has 22 heavy (non-hydrogen) atoms. The third-order valence-electron chi connectivity index (χ3n) is 2.76. The lowest BCUT2D eigenvalue weighted by atomic mass is 10.2. The van der Waals surface area contributed by atoms with Crippen LogP contribution in [0.5, 0.6) is 11.5 Å². The van der Waals surface area contributed by atoms with Crippen molar-refractivity contribution in [3.05, 3.63) is 38.9 Å². The molecule has 1 aromatic carbocycles. The first-order valence-electron chi connectivity index (χ1n) is 6.19. The molecule has 1 heterocycles. The van der Waals surface area contributed by atoms with Crippen LogP contribution in [-0.2, 0) is 0 Å². The third kappa shape index (κ3) is 3.34. The van der Waals surface area contributed by atoms with E-state index in [1.165, 1.54) is 20.4 Å². The Labute approximate surface area is 131 Å². The molecule has 0 fully saturated rings. The second-order valence-corrected chi connectivity index (χ2v) is 4.53. The molecular weight excluding hydrogens is 310 g/mol. The SMILES string of the molecule is COc1ccc(/C=N/Nc2nc(=O)[nH]nc2C)c(Cl)c1OC. The lowest BCUT2D eigenvalue weighted by molar-refractivity contribution is 0.355. The number of halogens is 1. The zero-order valence-electron chi connectivity index (χ0n) is 12.2. The Morgan fingerprint density at radius 1 is 1.36 bits per heavy atom. The molecule has 0 aliphatic rings. The molecule has 0 saturated heterocycles. The van der Waals surface area contributed by atoms with Gasteiger partial charge in [0.2, 0.25) is 0 Å². The van der Waals surface area contributed by atoms with Crippen LogP contribution in [0.1, 0.15) is 11.3 Å². The Morgan fingerprint density at radius 3 is 2.82 bits per heavy atom. The van der Waals surface area contributed by atoms with E-state index in [1.807, 2.05) is 0 Å². The van der Waals surface area contributed by atoms with E-state index >= 15 is 0 Å². The van der Waals surface area contributed by atoms with Gasteiger partial charge in [0, 0.05) is 5.56 Å². The monoisotopic (exact) mass is 323 g/mol. The van der Waals surface area contributed by atoms with Crippen molar-refractivity contribution in [2.75, 3.05) is 19.6 Å². The van der Waals surface area contributed by atoms with Gasteiger partial charge in [0.1, 0.15) is 5.69 Å². The summed E-state index contributed by atoms with van der Waals surface area (Å²) < 4.78 is 10.3. The molecule has 0 spiro atoms. The van der Waals surface area contributed by atoms with Gasteiger partial charge in [-0.2, -0.15) is 15.2 Å². The Bertz CT molecular complexity index is 760. The van der Waals surface area contributed by atoms with Gasteiger partial charge in [0.05, 0.1) is 25.5 Å². The molecule has 1 aromatic heterocycles. The molecule has 116 valence electrons. The number of aromatic nitrogens is 3. The number of aryl methyl sites for hydroxylation is 1. The lowest BCUT2D eigenvalue weighted by Gasteiger charge is -2.10. The normalized spacial score (nSPS) is 10.7. The third-order valence-corrected chi connectivity index (χ3v) is 3.15. The molecule has 0 saturated carbocycles. The average Bonchev–Trinajstić information content (AvgIpc) is 2.51. The molecule has 2 aromatic rings. The predicted octanol–water partition coefficient (Wildman–Crippen LogP) is 1.59. The van der Waals surface area contributed by atoms with Crippen LogP contribution < -0.4 is 20.6 Å². The molecule has 0 unspecified atom stereocenters. The highest BCUT2D eigenvalue weighted by molar-refractivity contribution is 6.34. The molecule has 2 N–H and O–H groups in total. The summed E-state index contributed by atoms with van der Waals surface area (Å²) in [5.41, 5.74) is 3.20. The van der Waals surface area contributed by atoms with Gasteiger partial charge in [-0.05, 0) is 19.1 Å². The Kier molecular flexibility index (Phi) is 4.95. The van der Waals surface area contributed by atoms with Crippen LogP contribution in [0.4, 0.5) is 5.82 Å². The lowest BCUT2D eigenvalue weighted by Crippen LogP contribution is -2.15. The van der Waals surface area contributed by atoms with Crippen LogP contribution in [0, 0.1) is 6.92 Å². The van der Waals surface area contributed by atoms with Gasteiger partial charge in [-0.25, -0.2) is 9.89 Å². The second-order valence-electron chi connectivity index (χ2n) is 4.15. The number of benzene rings is 1. The molecule has 2 rings (SSSR count). The minimum absolute atomic E-state index is 0.261. The first-order valence-corrected chi connectivity index (χ1v) is 6.57. The van der Waals surface area contributed by atoms with E-state index in [1.54, 1.807) is 19.1 Å². The summed E-state index contributed by atoms with van der Waals surface area (Å²) in [5.74, 6) is 1.20. The van der Waals surface area contributed by atoms with E-state index < -0.39 is 5.69 Å². The summed E-state index contributed by atoms with van der Waals surface area (Å²) in [7, 11) is 3.02. The fraction of sp³-hybridized carbons (Fsp3) is 0.231. The predicted molar refractivity (Wildman–Crippen MR) is 83.2 cm³/mol. The number of hydrazone groups is 1. The molecular formula is C13H14ClN5O3. The van der Waals surface area contributed by atoms with Gasteiger partial charge in [-0.3, -0.25) is 5.43 Å². The van der Waals surface area contributed by atoms with Crippen molar-refractivity contribution in [3.63, 3.8) is 0 Å². The van der Waals surface area contributed by atoms with Crippen molar-refractivity contribution in [2.45, 2.75) is 6.92 Å². The summed E-state index contributed by atoms with van der Waals surface area (Å²) in [5, 5.41) is 10.4. The van der Waals surface area contributed by atoms with Crippen LogP contribution in [-0.4, -0.2) is 35.6 Å². The summed E-state index contributed by atoms with van der Waals surface area (Å²) in [6.45, 7) is 1.68. The van der Waals surface area contributed by atoms with E-state index in [9.17, 15) is 4.79 Å². The van der Waals surface area contributed by atoms with E-state index in [-0.39, 0.29) is 5.82 Å². The molecule has 8 nitrogen and oxygen atoms in total. The quantitative estimate of drug-likeness (QED) is 0.640. The number of aromatic amines is 1. The maximum Gasteiger partial charge on any atom is 0.363 e. The maximum absolute atomic E-state index is 11.1. The van der Waals surface area contributed by atoms with Crippen molar-refractivity contribution < 1.29 is 9.47 Å². The first-order chi connectivity index (χ1) is 10.6. The number of methoxy groups -OCH3 is 2. The zero-order chi connectivity index (χ0) is 16.1. The molecule has 0 atom stereocenters. The van der Waals surface area contributed by atoms with Gasteiger partial charge < -0.3 is 9.47 Å². The van der Waals surface area contributed by atoms with Gasteiger partial charge in [0.15, 0.2) is 17.3 Å². The van der Waals surface area contributed by atoms with Gasteiger partial charge in [0.25, 0.3) is 0 Å². The van der Waals surface area contributed by atoms with Crippen molar-refractivity contribution >= 4 is 23.6 Å². The smallest absolute Gasteiger partial charge is 0.363 e. The Balaban J connectivity index is 2.24. The second kappa shape index (κ2) is 6.90. The minimum atomic E-state index is -0.563. The highest BCUT2D eigenvalue weighted by Crippen LogP contribution is 2.36. The molecule has 0 bridgehead atoms. The van der Waals surface area contributed by atoms with Crippen LogP contribution in [0.25, 0.3) is 0 Å². The van der Waals surface area contributed by atoms with Crippen molar-refractivity contribution in [1.82, 2.24) is 15.2 Å². The fourth-order valence-electron chi connectivity index (χ4n) is 1.67. The number of nitrogens with zero attached hydrogens (tertiary/aromatic N) is 3. The zero-order valence-corrected chi connectivity index (χ0v) is 12.9. The molecule has 9 heteroatoms. The summed E-state index contributed by atoms with van der Waals surface area (Å²) in [4.78, 5) is 14.8. The van der Waals surface area contributed by atoms with Crippen molar-refractivity contribution in [2.24, 2.45) is 5.10 Å². The number of hydrogen-bond acceptors (Lipinski definition) is 7. The number of H-pyrrole nitrogens is 1. The van der Waals surface area contributed by atoms with E-state index in [0.717, 1.165) is 0 Å². The number of ether oxygens (including phenoxy) is 2. The largest absolute Gasteiger partial charge is 0.493 e. The standard InChI is InChI=1S/C13H14ClN5O3/c1-7-12(16-13(20)19-17-7)18-15-6-8-4-5-9(21-2)11(22-3)10(8)14/h4-6H,1-3H3,(H2,16,18,19,20)/b15-6+. The first kappa shape index (κ1) is 15.8. The fourth-order valence-corrected chi connectivity index (χ4v) is 1.95. The average molecular weight is 324 g/mol. The van der Waals surface area contributed by atoms with Crippen molar-refractivity contribution in [1.29, 1.82) is 0 Å². The van der Waals surface area contributed by atoms with Crippen molar-refractivity contribution in [3.8, 4) is 11.5 Å². The van der Waals surface area contributed by atoms with Crippen LogP contribution in [0.2, 0.25) is 5.02 Å². The highest BCUT2D eigenvalue weighted by atomic mass is 35.5. The Morgan fingerprint density at radius 2 is 2.14 bits per heavy atom.